The zero-order valence-electron chi connectivity index (χ0n) is 8.25. The summed E-state index contributed by atoms with van der Waals surface area (Å²) in [7, 11) is 0.611. The molecule has 2 aliphatic heterocycles. The lowest BCUT2D eigenvalue weighted by Crippen LogP contribution is -2.32. The molecule has 0 radical (unpaired) electrons. The Bertz CT molecular complexity index is 272. The van der Waals surface area contributed by atoms with E-state index in [4.69, 9.17) is 0 Å². The summed E-state index contributed by atoms with van der Waals surface area (Å²) >= 11 is 0. The van der Waals surface area contributed by atoms with Gasteiger partial charge in [-0.3, -0.25) is 9.46 Å². The number of aldehydes is 1. The van der Waals surface area contributed by atoms with Crippen molar-refractivity contribution in [3.8, 4) is 0 Å². The van der Waals surface area contributed by atoms with Gasteiger partial charge in [0, 0.05) is 13.1 Å². The fourth-order valence-corrected chi connectivity index (χ4v) is 3.39. The molecule has 0 aliphatic carbocycles. The third-order valence-corrected chi connectivity index (χ3v) is 4.35. The normalized spacial score (nSPS) is 38.6. The molecule has 5 heteroatoms. The zero-order valence-corrected chi connectivity index (χ0v) is 9.25. The molecule has 78 valence electrons. The highest BCUT2D eigenvalue weighted by Gasteiger charge is 2.50. The minimum atomic E-state index is -0.255. The average Bonchev–Trinajstić information content (AvgIpc) is 2.73. The highest BCUT2D eigenvalue weighted by atomic mass is 31.1. The fraction of sp³-hybridized carbons (Fsp3) is 0.778. The van der Waals surface area contributed by atoms with E-state index in [9.17, 15) is 9.59 Å². The maximum Gasteiger partial charge on any atom is 0.227 e. The lowest BCUT2D eigenvalue weighted by Gasteiger charge is -2.19. The maximum atomic E-state index is 11.7. The molecule has 1 spiro atoms. The summed E-state index contributed by atoms with van der Waals surface area (Å²) in [5.74, 6) is 0.144. The van der Waals surface area contributed by atoms with Crippen molar-refractivity contribution in [1.82, 2.24) is 9.99 Å². The monoisotopic (exact) mass is 214 g/mol. The van der Waals surface area contributed by atoms with E-state index < -0.39 is 0 Å². The summed E-state index contributed by atoms with van der Waals surface area (Å²) in [6, 6.07) is -0.0396. The Morgan fingerprint density at radius 2 is 2.50 bits per heavy atom. The standard InChI is InChI=1S/C9H15N2O2P/c1-14-11-6-9(4-7(11)5-12)2-3-10-8(9)13/h5,7,14H,2-4,6H2,1H3,(H,10,13). The first-order valence-electron chi connectivity index (χ1n) is 4.89. The highest BCUT2D eigenvalue weighted by Crippen LogP contribution is 2.43. The summed E-state index contributed by atoms with van der Waals surface area (Å²) < 4.78 is 2.12. The molecule has 0 aromatic carbocycles. The topological polar surface area (TPSA) is 49.4 Å². The van der Waals surface area contributed by atoms with E-state index in [1.165, 1.54) is 0 Å². The molecule has 1 N–H and O–H groups in total. The van der Waals surface area contributed by atoms with Gasteiger partial charge in [-0.25, -0.2) is 0 Å². The van der Waals surface area contributed by atoms with Crippen LogP contribution in [0.15, 0.2) is 0 Å². The van der Waals surface area contributed by atoms with Gasteiger partial charge in [-0.15, -0.1) is 0 Å². The molecule has 0 aromatic heterocycles. The second kappa shape index (κ2) is 3.59. The van der Waals surface area contributed by atoms with Gasteiger partial charge in [0.25, 0.3) is 0 Å². The molecule has 2 heterocycles. The molecular formula is C9H15N2O2P. The van der Waals surface area contributed by atoms with Crippen molar-refractivity contribution in [3.63, 3.8) is 0 Å². The lowest BCUT2D eigenvalue weighted by atomic mass is 9.84. The van der Waals surface area contributed by atoms with E-state index in [0.29, 0.717) is 15.2 Å². The molecule has 1 amide bonds. The summed E-state index contributed by atoms with van der Waals surface area (Å²) in [6.07, 6.45) is 2.58. The summed E-state index contributed by atoms with van der Waals surface area (Å²) in [5, 5.41) is 2.86. The molecule has 0 saturated carbocycles. The summed E-state index contributed by atoms with van der Waals surface area (Å²) in [6.45, 7) is 3.59. The molecule has 2 saturated heterocycles. The number of amides is 1. The Hall–Kier alpha value is -0.470. The number of carbonyl (C=O) groups is 2. The van der Waals surface area contributed by atoms with Gasteiger partial charge in [0.1, 0.15) is 6.29 Å². The van der Waals surface area contributed by atoms with E-state index in [1.807, 2.05) is 0 Å². The van der Waals surface area contributed by atoms with E-state index in [-0.39, 0.29) is 17.4 Å². The quantitative estimate of drug-likeness (QED) is 0.519. The van der Waals surface area contributed by atoms with Crippen LogP contribution in [-0.2, 0) is 9.59 Å². The molecule has 3 unspecified atom stereocenters. The van der Waals surface area contributed by atoms with E-state index >= 15 is 0 Å². The minimum absolute atomic E-state index is 0.0396. The SMILES string of the molecule is CPN1CC2(CCNC2=O)CC1C=O. The van der Waals surface area contributed by atoms with Crippen molar-refractivity contribution in [3.05, 3.63) is 0 Å². The molecule has 14 heavy (non-hydrogen) atoms. The van der Waals surface area contributed by atoms with Crippen molar-refractivity contribution in [1.29, 1.82) is 0 Å². The van der Waals surface area contributed by atoms with Gasteiger partial charge in [-0.05, 0) is 19.5 Å². The predicted molar refractivity (Wildman–Crippen MR) is 55.5 cm³/mol. The Labute approximate surface area is 85.3 Å². The van der Waals surface area contributed by atoms with Gasteiger partial charge >= 0.3 is 0 Å². The van der Waals surface area contributed by atoms with Crippen LogP contribution in [0.3, 0.4) is 0 Å². The summed E-state index contributed by atoms with van der Waals surface area (Å²) in [5.41, 5.74) is -0.255. The Kier molecular flexibility index (Phi) is 2.58. The molecule has 2 fully saturated rings. The van der Waals surface area contributed by atoms with Crippen molar-refractivity contribution >= 4 is 20.9 Å². The predicted octanol–water partition coefficient (Wildman–Crippen LogP) is -0.0108. The number of carbonyl (C=O) groups excluding carboxylic acids is 2. The van der Waals surface area contributed by atoms with Crippen molar-refractivity contribution in [2.45, 2.75) is 18.9 Å². The van der Waals surface area contributed by atoms with Crippen LogP contribution in [-0.4, -0.2) is 42.7 Å². The van der Waals surface area contributed by atoms with Crippen LogP contribution in [0.4, 0.5) is 0 Å². The molecule has 2 rings (SSSR count). The molecule has 0 bridgehead atoms. The third-order valence-electron chi connectivity index (χ3n) is 3.29. The van der Waals surface area contributed by atoms with Crippen LogP contribution >= 0.6 is 8.73 Å². The molecule has 0 aromatic rings. The largest absolute Gasteiger partial charge is 0.356 e. The van der Waals surface area contributed by atoms with Gasteiger partial charge in [0.2, 0.25) is 5.91 Å². The number of hydrogen-bond donors (Lipinski definition) is 1. The van der Waals surface area contributed by atoms with Crippen LogP contribution in [0.5, 0.6) is 0 Å². The Morgan fingerprint density at radius 3 is 2.93 bits per heavy atom. The number of nitrogens with one attached hydrogen (secondary N) is 1. The van der Waals surface area contributed by atoms with Crippen molar-refractivity contribution in [2.75, 3.05) is 19.8 Å². The number of rotatable bonds is 2. The zero-order chi connectivity index (χ0) is 10.2. The summed E-state index contributed by atoms with van der Waals surface area (Å²) in [4.78, 5) is 22.5. The van der Waals surface area contributed by atoms with Crippen LogP contribution in [0.2, 0.25) is 0 Å². The Morgan fingerprint density at radius 1 is 1.71 bits per heavy atom. The maximum absolute atomic E-state index is 11.7. The molecular weight excluding hydrogens is 199 g/mol. The smallest absolute Gasteiger partial charge is 0.227 e. The molecule has 2 aliphatic rings. The minimum Gasteiger partial charge on any atom is -0.356 e. The van der Waals surface area contributed by atoms with E-state index in [2.05, 4.69) is 16.7 Å². The van der Waals surface area contributed by atoms with Gasteiger partial charge in [-0.2, -0.15) is 0 Å². The van der Waals surface area contributed by atoms with Gasteiger partial charge < -0.3 is 10.1 Å². The fourth-order valence-electron chi connectivity index (χ4n) is 2.45. The highest BCUT2D eigenvalue weighted by molar-refractivity contribution is 7.34. The van der Waals surface area contributed by atoms with Crippen LogP contribution in [0, 0.1) is 5.41 Å². The van der Waals surface area contributed by atoms with Gasteiger partial charge in [-0.1, -0.05) is 8.73 Å². The van der Waals surface area contributed by atoms with E-state index in [1.54, 1.807) is 0 Å². The second-order valence-electron chi connectivity index (χ2n) is 4.05. The first kappa shape index (κ1) is 10.1. The van der Waals surface area contributed by atoms with Crippen LogP contribution < -0.4 is 5.32 Å². The first-order valence-corrected chi connectivity index (χ1v) is 6.34. The van der Waals surface area contributed by atoms with Crippen LogP contribution in [0.1, 0.15) is 12.8 Å². The number of nitrogens with zero attached hydrogens (tertiary/aromatic N) is 1. The average molecular weight is 214 g/mol. The van der Waals surface area contributed by atoms with Crippen LogP contribution in [0.25, 0.3) is 0 Å². The van der Waals surface area contributed by atoms with E-state index in [0.717, 1.165) is 25.8 Å². The van der Waals surface area contributed by atoms with Gasteiger partial charge in [0.05, 0.1) is 11.5 Å². The van der Waals surface area contributed by atoms with Crippen molar-refractivity contribution < 1.29 is 9.59 Å². The first-order chi connectivity index (χ1) is 6.72. The third kappa shape index (κ3) is 1.37. The van der Waals surface area contributed by atoms with Crippen molar-refractivity contribution in [2.24, 2.45) is 5.41 Å². The lowest BCUT2D eigenvalue weighted by molar-refractivity contribution is -0.126. The number of hydrogen-bond acceptors (Lipinski definition) is 3. The Balaban J connectivity index is 2.17. The molecule has 3 atom stereocenters. The van der Waals surface area contributed by atoms with Gasteiger partial charge in [0.15, 0.2) is 0 Å². The second-order valence-corrected chi connectivity index (χ2v) is 5.07. The molecule has 4 nitrogen and oxygen atoms in total.